The molecular formula is C13H19NO. The molecular weight excluding hydrogens is 186 g/mol. The van der Waals surface area contributed by atoms with Gasteiger partial charge in [0.2, 0.25) is 0 Å². The minimum Gasteiger partial charge on any atom is -0.490 e. The van der Waals surface area contributed by atoms with Gasteiger partial charge in [-0.15, -0.1) is 0 Å². The number of rotatable bonds is 1. The van der Waals surface area contributed by atoms with Gasteiger partial charge >= 0.3 is 0 Å². The molecule has 1 aromatic rings. The van der Waals surface area contributed by atoms with Gasteiger partial charge in [-0.2, -0.15) is 0 Å². The van der Waals surface area contributed by atoms with Crippen LogP contribution in [0.3, 0.4) is 0 Å². The van der Waals surface area contributed by atoms with Crippen LogP contribution in [0.1, 0.15) is 26.3 Å². The first-order valence-corrected chi connectivity index (χ1v) is 5.54. The molecule has 1 aromatic carbocycles. The van der Waals surface area contributed by atoms with Gasteiger partial charge in [-0.25, -0.2) is 0 Å². The zero-order chi connectivity index (χ0) is 10.9. The number of hydrogen-bond donors (Lipinski definition) is 1. The molecule has 15 heavy (non-hydrogen) atoms. The molecule has 0 aliphatic carbocycles. The topological polar surface area (TPSA) is 21.3 Å². The van der Waals surface area contributed by atoms with Crippen molar-refractivity contribution >= 4 is 5.69 Å². The second kappa shape index (κ2) is 3.76. The molecule has 2 rings (SSSR count). The van der Waals surface area contributed by atoms with Crippen molar-refractivity contribution in [1.29, 1.82) is 0 Å². The molecule has 0 aromatic heterocycles. The lowest BCUT2D eigenvalue weighted by Crippen LogP contribution is -2.18. The van der Waals surface area contributed by atoms with E-state index in [0.29, 0.717) is 5.41 Å². The summed E-state index contributed by atoms with van der Waals surface area (Å²) in [5.41, 5.74) is 2.85. The Bertz CT molecular complexity index is 352. The van der Waals surface area contributed by atoms with E-state index in [2.05, 4.69) is 44.3 Å². The van der Waals surface area contributed by atoms with Crippen LogP contribution in [0.15, 0.2) is 18.2 Å². The Balaban J connectivity index is 2.21. The lowest BCUT2D eigenvalue weighted by atomic mass is 9.88. The SMILES string of the molecule is CC(C)(C)Cc1ccc2c(c1)NCCO2. The van der Waals surface area contributed by atoms with E-state index in [1.165, 1.54) is 5.56 Å². The van der Waals surface area contributed by atoms with Gasteiger partial charge < -0.3 is 10.1 Å². The van der Waals surface area contributed by atoms with E-state index in [-0.39, 0.29) is 0 Å². The van der Waals surface area contributed by atoms with Gasteiger partial charge in [-0.3, -0.25) is 0 Å². The molecule has 0 radical (unpaired) electrons. The van der Waals surface area contributed by atoms with Crippen molar-refractivity contribution in [2.24, 2.45) is 5.41 Å². The summed E-state index contributed by atoms with van der Waals surface area (Å²) in [6.07, 6.45) is 1.10. The van der Waals surface area contributed by atoms with Crippen LogP contribution >= 0.6 is 0 Å². The second-order valence-electron chi connectivity index (χ2n) is 5.34. The highest BCUT2D eigenvalue weighted by atomic mass is 16.5. The lowest BCUT2D eigenvalue weighted by Gasteiger charge is -2.22. The van der Waals surface area contributed by atoms with Crippen LogP contribution < -0.4 is 10.1 Å². The summed E-state index contributed by atoms with van der Waals surface area (Å²) in [6.45, 7) is 8.46. The fourth-order valence-corrected chi connectivity index (χ4v) is 1.91. The van der Waals surface area contributed by atoms with Gasteiger partial charge in [0.1, 0.15) is 12.4 Å². The summed E-state index contributed by atoms with van der Waals surface area (Å²) in [6, 6.07) is 6.44. The molecule has 1 aliphatic heterocycles. The molecule has 1 aliphatic rings. The molecule has 0 saturated heterocycles. The first kappa shape index (κ1) is 10.3. The zero-order valence-electron chi connectivity index (χ0n) is 9.76. The maximum Gasteiger partial charge on any atom is 0.142 e. The van der Waals surface area contributed by atoms with E-state index in [1.807, 2.05) is 0 Å². The molecule has 0 spiro atoms. The summed E-state index contributed by atoms with van der Waals surface area (Å²) in [7, 11) is 0. The Kier molecular flexibility index (Phi) is 2.59. The molecule has 0 atom stereocenters. The normalized spacial score (nSPS) is 15.1. The third-order valence-electron chi connectivity index (χ3n) is 2.45. The maximum absolute atomic E-state index is 5.55. The fraction of sp³-hybridized carbons (Fsp3) is 0.538. The Hall–Kier alpha value is -1.18. The summed E-state index contributed by atoms with van der Waals surface area (Å²) in [4.78, 5) is 0. The molecule has 0 fully saturated rings. The zero-order valence-corrected chi connectivity index (χ0v) is 9.76. The van der Waals surface area contributed by atoms with Crippen LogP contribution in [-0.2, 0) is 6.42 Å². The molecule has 0 bridgehead atoms. The van der Waals surface area contributed by atoms with Crippen LogP contribution in [0.25, 0.3) is 0 Å². The van der Waals surface area contributed by atoms with Gasteiger partial charge in [0.15, 0.2) is 0 Å². The monoisotopic (exact) mass is 205 g/mol. The van der Waals surface area contributed by atoms with Crippen molar-refractivity contribution in [1.82, 2.24) is 0 Å². The minimum absolute atomic E-state index is 0.337. The number of anilines is 1. The molecule has 1 heterocycles. The van der Waals surface area contributed by atoms with E-state index < -0.39 is 0 Å². The van der Waals surface area contributed by atoms with Crippen LogP contribution in [0.2, 0.25) is 0 Å². The largest absolute Gasteiger partial charge is 0.490 e. The second-order valence-corrected chi connectivity index (χ2v) is 5.34. The molecule has 82 valence electrons. The van der Waals surface area contributed by atoms with Crippen LogP contribution in [0.5, 0.6) is 5.75 Å². The van der Waals surface area contributed by atoms with Crippen LogP contribution in [-0.4, -0.2) is 13.2 Å². The van der Waals surface area contributed by atoms with Crippen LogP contribution in [0.4, 0.5) is 5.69 Å². The van der Waals surface area contributed by atoms with E-state index >= 15 is 0 Å². The Morgan fingerprint density at radius 1 is 1.33 bits per heavy atom. The molecule has 0 unspecified atom stereocenters. The molecule has 1 N–H and O–H groups in total. The van der Waals surface area contributed by atoms with Gasteiger partial charge in [0, 0.05) is 6.54 Å². The van der Waals surface area contributed by atoms with Gasteiger partial charge in [0.25, 0.3) is 0 Å². The summed E-state index contributed by atoms with van der Waals surface area (Å²) >= 11 is 0. The number of ether oxygens (including phenoxy) is 1. The standard InChI is InChI=1S/C13H19NO/c1-13(2,3)9-10-4-5-12-11(8-10)14-6-7-15-12/h4-5,8,14H,6-7,9H2,1-3H3. The van der Waals surface area contributed by atoms with Crippen molar-refractivity contribution in [3.05, 3.63) is 23.8 Å². The number of benzene rings is 1. The van der Waals surface area contributed by atoms with E-state index in [9.17, 15) is 0 Å². The lowest BCUT2D eigenvalue weighted by molar-refractivity contribution is 0.323. The highest BCUT2D eigenvalue weighted by Gasteiger charge is 2.14. The Labute approximate surface area is 91.6 Å². The van der Waals surface area contributed by atoms with Crippen molar-refractivity contribution in [3.63, 3.8) is 0 Å². The summed E-state index contributed by atoms with van der Waals surface area (Å²) < 4.78 is 5.55. The smallest absolute Gasteiger partial charge is 0.142 e. The van der Waals surface area contributed by atoms with Crippen molar-refractivity contribution in [2.45, 2.75) is 27.2 Å². The molecule has 2 heteroatoms. The predicted molar refractivity (Wildman–Crippen MR) is 63.6 cm³/mol. The van der Waals surface area contributed by atoms with Crippen molar-refractivity contribution in [2.75, 3.05) is 18.5 Å². The Morgan fingerprint density at radius 3 is 2.87 bits per heavy atom. The third kappa shape index (κ3) is 2.65. The first-order valence-electron chi connectivity index (χ1n) is 5.54. The van der Waals surface area contributed by atoms with Crippen LogP contribution in [0, 0.1) is 5.41 Å². The van der Waals surface area contributed by atoms with Crippen molar-refractivity contribution < 1.29 is 4.74 Å². The number of fused-ring (bicyclic) bond motifs is 1. The molecule has 2 nitrogen and oxygen atoms in total. The average Bonchev–Trinajstić information content (AvgIpc) is 2.15. The van der Waals surface area contributed by atoms with Gasteiger partial charge in [0.05, 0.1) is 5.69 Å². The number of hydrogen-bond acceptors (Lipinski definition) is 2. The first-order chi connectivity index (χ1) is 7.04. The fourth-order valence-electron chi connectivity index (χ4n) is 1.91. The highest BCUT2D eigenvalue weighted by molar-refractivity contribution is 5.59. The van der Waals surface area contributed by atoms with E-state index in [1.54, 1.807) is 0 Å². The quantitative estimate of drug-likeness (QED) is 0.760. The summed E-state index contributed by atoms with van der Waals surface area (Å²) in [5.74, 6) is 0.985. The Morgan fingerprint density at radius 2 is 2.13 bits per heavy atom. The predicted octanol–water partition coefficient (Wildman–Crippen LogP) is 3.08. The molecule has 0 saturated carbocycles. The van der Waals surface area contributed by atoms with E-state index in [0.717, 1.165) is 31.0 Å². The third-order valence-corrected chi connectivity index (χ3v) is 2.45. The number of nitrogens with one attached hydrogen (secondary N) is 1. The van der Waals surface area contributed by atoms with Crippen molar-refractivity contribution in [3.8, 4) is 5.75 Å². The van der Waals surface area contributed by atoms with Gasteiger partial charge in [-0.05, 0) is 29.5 Å². The summed E-state index contributed by atoms with van der Waals surface area (Å²) in [5, 5.41) is 3.36. The molecule has 0 amide bonds. The van der Waals surface area contributed by atoms with E-state index in [4.69, 9.17) is 4.74 Å². The highest BCUT2D eigenvalue weighted by Crippen LogP contribution is 2.30. The average molecular weight is 205 g/mol. The van der Waals surface area contributed by atoms with Gasteiger partial charge in [-0.1, -0.05) is 26.8 Å². The maximum atomic E-state index is 5.55. The minimum atomic E-state index is 0.337.